The summed E-state index contributed by atoms with van der Waals surface area (Å²) in [4.78, 5) is 33.9. The largest absolute Gasteiger partial charge is 0.390 e. The zero-order chi connectivity index (χ0) is 26.4. The van der Waals surface area contributed by atoms with Gasteiger partial charge in [0, 0.05) is 24.7 Å². The minimum atomic E-state index is -0.849. The molecule has 0 atom stereocenters. The Morgan fingerprint density at radius 1 is 1.03 bits per heavy atom. The van der Waals surface area contributed by atoms with Crippen molar-refractivity contribution in [3.8, 4) is 11.1 Å². The molecular weight excluding hydrogens is 468 g/mol. The molecule has 0 saturated heterocycles. The molecule has 9 heteroatoms. The molecular formula is C28H30N6O3. The number of aromatic nitrogens is 4. The minimum absolute atomic E-state index is 0.0269. The number of hydrogen-bond donors (Lipinski definition) is 4. The lowest BCUT2D eigenvalue weighted by Crippen LogP contribution is -2.30. The molecule has 9 nitrogen and oxygen atoms in total. The fourth-order valence-electron chi connectivity index (χ4n) is 3.76. The van der Waals surface area contributed by atoms with Crippen LogP contribution in [0.4, 0.5) is 5.82 Å². The van der Waals surface area contributed by atoms with E-state index in [-0.39, 0.29) is 11.7 Å². The van der Waals surface area contributed by atoms with E-state index in [0.717, 1.165) is 22.3 Å². The summed E-state index contributed by atoms with van der Waals surface area (Å²) in [5.41, 5.74) is 3.33. The highest BCUT2D eigenvalue weighted by Gasteiger charge is 2.16. The van der Waals surface area contributed by atoms with E-state index in [9.17, 15) is 14.7 Å². The lowest BCUT2D eigenvalue weighted by molar-refractivity contribution is 0.0692. The number of amides is 2. The maximum atomic E-state index is 12.7. The first-order valence-electron chi connectivity index (χ1n) is 12.0. The molecule has 2 amide bonds. The summed E-state index contributed by atoms with van der Waals surface area (Å²) in [5, 5.41) is 22.3. The third-order valence-electron chi connectivity index (χ3n) is 5.78. The summed E-state index contributed by atoms with van der Waals surface area (Å²) in [7, 11) is 0. The molecule has 37 heavy (non-hydrogen) atoms. The van der Waals surface area contributed by atoms with Gasteiger partial charge in [-0.25, -0.2) is 9.97 Å². The van der Waals surface area contributed by atoms with E-state index in [2.05, 4.69) is 30.8 Å². The Morgan fingerprint density at radius 2 is 1.81 bits per heavy atom. The van der Waals surface area contributed by atoms with Gasteiger partial charge in [0.25, 0.3) is 11.8 Å². The maximum Gasteiger partial charge on any atom is 0.296 e. The van der Waals surface area contributed by atoms with Gasteiger partial charge in [-0.05, 0) is 73.7 Å². The van der Waals surface area contributed by atoms with E-state index in [1.165, 1.54) is 0 Å². The fraction of sp³-hybridized carbons (Fsp3) is 0.250. The van der Waals surface area contributed by atoms with Crippen LogP contribution in [-0.4, -0.2) is 49.2 Å². The monoisotopic (exact) mass is 498 g/mol. The van der Waals surface area contributed by atoms with E-state index < -0.39 is 11.5 Å². The van der Waals surface area contributed by atoms with E-state index in [4.69, 9.17) is 0 Å². The lowest BCUT2D eigenvalue weighted by atomic mass is 9.98. The number of nitrogens with zero attached hydrogens (tertiary/aromatic N) is 3. The Labute approximate surface area is 215 Å². The van der Waals surface area contributed by atoms with Gasteiger partial charge in [-0.15, -0.1) is 5.10 Å². The van der Waals surface area contributed by atoms with Crippen LogP contribution in [0.25, 0.3) is 11.1 Å². The van der Waals surface area contributed by atoms with Crippen molar-refractivity contribution < 1.29 is 14.7 Å². The molecule has 2 aromatic heterocycles. The number of benzene rings is 2. The third kappa shape index (κ3) is 7.08. The highest BCUT2D eigenvalue weighted by Crippen LogP contribution is 2.26. The Balaban J connectivity index is 1.45. The topological polar surface area (TPSA) is 133 Å². The maximum absolute atomic E-state index is 12.7. The van der Waals surface area contributed by atoms with Gasteiger partial charge in [-0.3, -0.25) is 14.7 Å². The standard InChI is InChI=1S/C28H30N6O3/c1-18-9-10-21(26(35)30-14-12-28(2,3)37)16-22(18)20-11-13-29-23(17-20)32-27(36)25-31-24(33-34-25)15-19-7-5-4-6-8-19/h4-11,13,16-17,37H,12,14-15H2,1-3H3,(H,30,35)(H,29,32,36)(H,31,33,34). The lowest BCUT2D eigenvalue weighted by Gasteiger charge is -2.17. The van der Waals surface area contributed by atoms with Gasteiger partial charge in [-0.2, -0.15) is 0 Å². The van der Waals surface area contributed by atoms with Crippen LogP contribution in [-0.2, 0) is 6.42 Å². The average molecular weight is 499 g/mol. The first-order chi connectivity index (χ1) is 17.7. The zero-order valence-electron chi connectivity index (χ0n) is 21.1. The number of rotatable bonds is 9. The number of H-pyrrole nitrogens is 1. The summed E-state index contributed by atoms with van der Waals surface area (Å²) < 4.78 is 0. The molecule has 4 N–H and O–H groups in total. The highest BCUT2D eigenvalue weighted by atomic mass is 16.3. The molecule has 0 aliphatic heterocycles. The van der Waals surface area contributed by atoms with Crippen molar-refractivity contribution in [1.29, 1.82) is 0 Å². The van der Waals surface area contributed by atoms with Gasteiger partial charge < -0.3 is 15.7 Å². The van der Waals surface area contributed by atoms with Gasteiger partial charge in [0.15, 0.2) is 0 Å². The molecule has 0 bridgehead atoms. The van der Waals surface area contributed by atoms with Crippen molar-refractivity contribution in [3.05, 3.63) is 95.2 Å². The summed E-state index contributed by atoms with van der Waals surface area (Å²) in [6, 6.07) is 18.8. The van der Waals surface area contributed by atoms with Crippen LogP contribution in [0.1, 0.15) is 58.2 Å². The van der Waals surface area contributed by atoms with E-state index in [1.807, 2.05) is 49.4 Å². The van der Waals surface area contributed by atoms with Gasteiger partial charge in [0.2, 0.25) is 5.82 Å². The normalized spacial score (nSPS) is 11.2. The predicted octanol–water partition coefficient (Wildman–Crippen LogP) is 3.91. The number of aryl methyl sites for hydroxylation is 1. The van der Waals surface area contributed by atoms with E-state index in [1.54, 1.807) is 38.2 Å². The van der Waals surface area contributed by atoms with Gasteiger partial charge in [0.1, 0.15) is 11.6 Å². The Hall–Kier alpha value is -4.37. The number of carbonyl (C=O) groups excluding carboxylic acids is 2. The van der Waals surface area contributed by atoms with E-state index >= 15 is 0 Å². The molecule has 0 saturated carbocycles. The number of aromatic amines is 1. The second kappa shape index (κ2) is 11.1. The van der Waals surface area contributed by atoms with Crippen molar-refractivity contribution >= 4 is 17.6 Å². The number of hydrogen-bond acceptors (Lipinski definition) is 6. The van der Waals surface area contributed by atoms with Crippen LogP contribution in [0.3, 0.4) is 0 Å². The highest BCUT2D eigenvalue weighted by molar-refractivity contribution is 6.01. The molecule has 4 aromatic rings. The fourth-order valence-corrected chi connectivity index (χ4v) is 3.76. The number of carbonyl (C=O) groups is 2. The van der Waals surface area contributed by atoms with Crippen molar-refractivity contribution in [2.45, 2.75) is 39.2 Å². The molecule has 0 unspecified atom stereocenters. The second-order valence-electron chi connectivity index (χ2n) is 9.50. The second-order valence-corrected chi connectivity index (χ2v) is 9.50. The average Bonchev–Trinajstić information content (AvgIpc) is 3.33. The molecule has 2 aromatic carbocycles. The summed E-state index contributed by atoms with van der Waals surface area (Å²) >= 11 is 0. The number of anilines is 1. The molecule has 190 valence electrons. The zero-order valence-corrected chi connectivity index (χ0v) is 21.1. The quantitative estimate of drug-likeness (QED) is 0.277. The first kappa shape index (κ1) is 25.7. The number of nitrogens with one attached hydrogen (secondary N) is 3. The molecule has 0 aliphatic rings. The van der Waals surface area contributed by atoms with Crippen molar-refractivity contribution in [2.75, 3.05) is 11.9 Å². The van der Waals surface area contributed by atoms with Gasteiger partial charge in [0.05, 0.1) is 5.60 Å². The molecule has 0 spiro atoms. The molecule has 4 rings (SSSR count). The van der Waals surface area contributed by atoms with Crippen molar-refractivity contribution in [1.82, 2.24) is 25.5 Å². The van der Waals surface area contributed by atoms with Crippen LogP contribution >= 0.6 is 0 Å². The van der Waals surface area contributed by atoms with Crippen molar-refractivity contribution in [3.63, 3.8) is 0 Å². The SMILES string of the molecule is Cc1ccc(C(=O)NCCC(C)(C)O)cc1-c1ccnc(NC(=O)c2n[nH]c(Cc3ccccc3)n2)c1. The third-order valence-corrected chi connectivity index (χ3v) is 5.78. The Bertz CT molecular complexity index is 1390. The minimum Gasteiger partial charge on any atom is -0.390 e. The molecule has 2 heterocycles. The summed E-state index contributed by atoms with van der Waals surface area (Å²) in [5.74, 6) is 0.266. The van der Waals surface area contributed by atoms with Crippen LogP contribution in [0.15, 0.2) is 66.9 Å². The van der Waals surface area contributed by atoms with Crippen LogP contribution < -0.4 is 10.6 Å². The van der Waals surface area contributed by atoms with Crippen LogP contribution in [0.2, 0.25) is 0 Å². The summed E-state index contributed by atoms with van der Waals surface area (Å²) in [6.07, 6.45) is 2.58. The number of pyridine rings is 1. The number of aliphatic hydroxyl groups is 1. The Kier molecular flexibility index (Phi) is 7.74. The van der Waals surface area contributed by atoms with Gasteiger partial charge >= 0.3 is 0 Å². The van der Waals surface area contributed by atoms with E-state index in [0.29, 0.717) is 36.6 Å². The summed E-state index contributed by atoms with van der Waals surface area (Å²) in [6.45, 7) is 5.72. The van der Waals surface area contributed by atoms with Crippen molar-refractivity contribution in [2.24, 2.45) is 0 Å². The molecule has 0 radical (unpaired) electrons. The van der Waals surface area contributed by atoms with Crippen LogP contribution in [0, 0.1) is 6.92 Å². The van der Waals surface area contributed by atoms with Crippen LogP contribution in [0.5, 0.6) is 0 Å². The predicted molar refractivity (Wildman–Crippen MR) is 141 cm³/mol. The molecule has 0 aliphatic carbocycles. The molecule has 0 fully saturated rings. The van der Waals surface area contributed by atoms with Gasteiger partial charge in [-0.1, -0.05) is 36.4 Å². The smallest absolute Gasteiger partial charge is 0.296 e. The Morgan fingerprint density at radius 3 is 2.57 bits per heavy atom. The first-order valence-corrected chi connectivity index (χ1v) is 12.0.